The van der Waals surface area contributed by atoms with Gasteiger partial charge in [0.1, 0.15) is 0 Å². The van der Waals surface area contributed by atoms with Gasteiger partial charge >= 0.3 is 0 Å². The average Bonchev–Trinajstić information content (AvgIpc) is 2.96. The van der Waals surface area contributed by atoms with Crippen LogP contribution in [0.25, 0.3) is 34.1 Å². The van der Waals surface area contributed by atoms with Gasteiger partial charge in [0, 0.05) is 0 Å². The van der Waals surface area contributed by atoms with Crippen LogP contribution in [0.5, 0.6) is 0 Å². The molecule has 6 rings (SSSR count). The molecule has 1 unspecified atom stereocenters. The van der Waals surface area contributed by atoms with E-state index >= 15 is 0 Å². The van der Waals surface area contributed by atoms with Crippen molar-refractivity contribution in [3.8, 4) is 0 Å². The van der Waals surface area contributed by atoms with Crippen molar-refractivity contribution >= 4 is 34.1 Å². The van der Waals surface area contributed by atoms with Crippen LogP contribution in [0.1, 0.15) is 46.7 Å². The summed E-state index contributed by atoms with van der Waals surface area (Å²) in [6.45, 7) is 2.41. The lowest BCUT2D eigenvalue weighted by Crippen LogP contribution is -2.14. The van der Waals surface area contributed by atoms with Crippen molar-refractivity contribution in [2.45, 2.75) is 19.8 Å². The van der Waals surface area contributed by atoms with Gasteiger partial charge in [0.25, 0.3) is 0 Å². The highest BCUT2D eigenvalue weighted by atomic mass is 14.3. The second kappa shape index (κ2) is 6.85. The molecule has 4 aromatic rings. The maximum Gasteiger partial charge on any atom is -0.00583 e. The highest BCUT2D eigenvalue weighted by Crippen LogP contribution is 2.47. The molecule has 0 aromatic heterocycles. The fraction of sp³-hybridized carbons (Fsp3) is 0.133. The molecule has 0 saturated heterocycles. The van der Waals surface area contributed by atoms with Gasteiger partial charge in [0.15, 0.2) is 0 Å². The summed E-state index contributed by atoms with van der Waals surface area (Å²) in [6.07, 6.45) is 6.90. The third-order valence-electron chi connectivity index (χ3n) is 6.80. The number of rotatable bonds is 0. The summed E-state index contributed by atoms with van der Waals surface area (Å²) < 4.78 is 0. The highest BCUT2D eigenvalue weighted by Gasteiger charge is 2.28. The van der Waals surface area contributed by atoms with E-state index in [-0.39, 0.29) is 0 Å². The summed E-state index contributed by atoms with van der Waals surface area (Å²) in [5.74, 6) is 0.512. The van der Waals surface area contributed by atoms with Crippen molar-refractivity contribution in [2.75, 3.05) is 0 Å². The predicted molar refractivity (Wildman–Crippen MR) is 129 cm³/mol. The second-order valence-electron chi connectivity index (χ2n) is 8.56. The number of allylic oxidation sites excluding steroid dienone is 1. The lowest BCUT2D eigenvalue weighted by molar-refractivity contribution is 0.645. The predicted octanol–water partition coefficient (Wildman–Crippen LogP) is 7.87. The molecule has 0 fully saturated rings. The first-order chi connectivity index (χ1) is 14.8. The molecule has 0 bridgehead atoms. The quantitative estimate of drug-likeness (QED) is 0.255. The lowest BCUT2D eigenvalue weighted by atomic mass is 9.73. The van der Waals surface area contributed by atoms with E-state index in [0.717, 1.165) is 6.42 Å². The van der Waals surface area contributed by atoms with Gasteiger partial charge in [0.2, 0.25) is 0 Å². The van der Waals surface area contributed by atoms with Gasteiger partial charge in [0.05, 0.1) is 0 Å². The van der Waals surface area contributed by atoms with E-state index in [9.17, 15) is 0 Å². The Kier molecular flexibility index (Phi) is 3.99. The molecule has 0 aliphatic heterocycles. The lowest BCUT2D eigenvalue weighted by Gasteiger charge is -2.30. The summed E-state index contributed by atoms with van der Waals surface area (Å²) in [5.41, 5.74) is 11.2. The fourth-order valence-corrected chi connectivity index (χ4v) is 5.33. The van der Waals surface area contributed by atoms with Crippen LogP contribution in [-0.2, 0) is 6.42 Å². The maximum absolute atomic E-state index is 2.41. The van der Waals surface area contributed by atoms with Crippen LogP contribution in [0.3, 0.4) is 0 Å². The minimum Gasteiger partial charge on any atom is -0.0616 e. The molecule has 0 heteroatoms. The molecule has 0 amide bonds. The van der Waals surface area contributed by atoms with Crippen molar-refractivity contribution in [1.29, 1.82) is 0 Å². The Hall–Kier alpha value is -3.38. The van der Waals surface area contributed by atoms with Gasteiger partial charge in [-0.05, 0) is 74.1 Å². The monoisotopic (exact) mass is 384 g/mol. The van der Waals surface area contributed by atoms with E-state index < -0.39 is 0 Å². The number of benzene rings is 4. The average molecular weight is 385 g/mol. The van der Waals surface area contributed by atoms with Gasteiger partial charge in [-0.25, -0.2) is 0 Å². The summed E-state index contributed by atoms with van der Waals surface area (Å²) in [6, 6.07) is 31.3. The Labute approximate surface area is 178 Å². The fourth-order valence-electron chi connectivity index (χ4n) is 5.33. The van der Waals surface area contributed by atoms with Gasteiger partial charge in [-0.1, -0.05) is 104 Å². The van der Waals surface area contributed by atoms with Crippen molar-refractivity contribution in [3.05, 3.63) is 118 Å². The van der Waals surface area contributed by atoms with Crippen LogP contribution in [0.2, 0.25) is 0 Å². The molecule has 0 N–H and O–H groups in total. The summed E-state index contributed by atoms with van der Waals surface area (Å²) in [4.78, 5) is 0. The number of hydrogen-bond donors (Lipinski definition) is 0. The molecule has 4 aromatic carbocycles. The smallest absolute Gasteiger partial charge is 0.00583 e. The number of aryl methyl sites for hydroxylation is 1. The third kappa shape index (κ3) is 2.60. The first-order valence-electron chi connectivity index (χ1n) is 10.9. The van der Waals surface area contributed by atoms with Crippen LogP contribution < -0.4 is 0 Å². The Bertz CT molecular complexity index is 1300. The third-order valence-corrected chi connectivity index (χ3v) is 6.80. The van der Waals surface area contributed by atoms with Crippen molar-refractivity contribution in [2.24, 2.45) is 5.92 Å². The molecule has 144 valence electrons. The minimum atomic E-state index is 0.512. The molecule has 1 atom stereocenters. The largest absolute Gasteiger partial charge is 0.0616 e. The van der Waals surface area contributed by atoms with E-state index in [4.69, 9.17) is 0 Å². The SMILES string of the molecule is CC1CCc2ccc3ccccc3c2C1=C1c2ccccc2C=Cc2ccccc21. The van der Waals surface area contributed by atoms with E-state index in [2.05, 4.69) is 104 Å². The first-order valence-corrected chi connectivity index (χ1v) is 10.9. The topological polar surface area (TPSA) is 0 Å². The molecule has 0 saturated carbocycles. The maximum atomic E-state index is 2.41. The van der Waals surface area contributed by atoms with Crippen molar-refractivity contribution in [1.82, 2.24) is 0 Å². The number of hydrogen-bond acceptors (Lipinski definition) is 0. The summed E-state index contributed by atoms with van der Waals surface area (Å²) in [7, 11) is 0. The van der Waals surface area contributed by atoms with Crippen LogP contribution in [-0.4, -0.2) is 0 Å². The molecule has 0 radical (unpaired) electrons. The molecular weight excluding hydrogens is 360 g/mol. The first kappa shape index (κ1) is 17.5. The van der Waals surface area contributed by atoms with E-state index in [1.807, 2.05) is 0 Å². The van der Waals surface area contributed by atoms with E-state index in [1.54, 1.807) is 0 Å². The second-order valence-corrected chi connectivity index (χ2v) is 8.56. The normalized spacial score (nSPS) is 17.3. The van der Waals surface area contributed by atoms with Crippen LogP contribution in [0, 0.1) is 5.92 Å². The molecule has 30 heavy (non-hydrogen) atoms. The molecular formula is C30H24. The van der Waals surface area contributed by atoms with Gasteiger partial charge in [-0.3, -0.25) is 0 Å². The van der Waals surface area contributed by atoms with Crippen molar-refractivity contribution in [3.63, 3.8) is 0 Å². The summed E-state index contributed by atoms with van der Waals surface area (Å²) in [5, 5.41) is 2.72. The van der Waals surface area contributed by atoms with Crippen LogP contribution >= 0.6 is 0 Å². The molecule has 0 spiro atoms. The molecule has 2 aliphatic rings. The standard InChI is InChI=1S/C30H24/c1-20-14-15-24-19-18-21-8-2-5-11-25(21)29(24)28(20)30-26-12-6-3-9-22(26)16-17-23-10-4-7-13-27(23)30/h2-13,16-20H,14-15H2,1H3. The van der Waals surface area contributed by atoms with Crippen molar-refractivity contribution < 1.29 is 0 Å². The zero-order valence-corrected chi connectivity index (χ0v) is 17.2. The zero-order chi connectivity index (χ0) is 20.1. The highest BCUT2D eigenvalue weighted by molar-refractivity contribution is 6.10. The summed E-state index contributed by atoms with van der Waals surface area (Å²) >= 11 is 0. The minimum absolute atomic E-state index is 0.512. The number of fused-ring (bicyclic) bond motifs is 5. The zero-order valence-electron chi connectivity index (χ0n) is 17.2. The molecule has 2 aliphatic carbocycles. The van der Waals surface area contributed by atoms with E-state index in [0.29, 0.717) is 5.92 Å². The van der Waals surface area contributed by atoms with E-state index in [1.165, 1.54) is 61.7 Å². The molecule has 0 nitrogen and oxygen atoms in total. The molecule has 0 heterocycles. The van der Waals surface area contributed by atoms with Gasteiger partial charge < -0.3 is 0 Å². The Morgan fingerprint density at radius 2 is 1.30 bits per heavy atom. The Morgan fingerprint density at radius 3 is 2.03 bits per heavy atom. The Morgan fingerprint density at radius 1 is 0.667 bits per heavy atom. The van der Waals surface area contributed by atoms with Gasteiger partial charge in [-0.15, -0.1) is 0 Å². The van der Waals surface area contributed by atoms with Crippen LogP contribution in [0.4, 0.5) is 0 Å². The Balaban J connectivity index is 1.81. The van der Waals surface area contributed by atoms with Gasteiger partial charge in [-0.2, -0.15) is 0 Å². The van der Waals surface area contributed by atoms with Crippen LogP contribution in [0.15, 0.2) is 84.9 Å².